The molecule has 0 spiro atoms. The number of hydrogen-bond acceptors (Lipinski definition) is 1. The predicted octanol–water partition coefficient (Wildman–Crippen LogP) is 15.1. The molecule has 9 aromatic carbocycles. The zero-order valence-electron chi connectivity index (χ0n) is 32.3. The minimum atomic E-state index is 0.857. The van der Waals surface area contributed by atoms with Crippen LogP contribution in [0.4, 0.5) is 17.1 Å². The number of nitrogens with zero attached hydrogens (tertiary/aromatic N) is 1. The predicted molar refractivity (Wildman–Crippen MR) is 241 cm³/mol. The molecule has 0 radical (unpaired) electrons. The Bertz CT molecular complexity index is 3020. The highest BCUT2D eigenvalue weighted by Gasteiger charge is 2.35. The Hall–Kier alpha value is -6.96. The van der Waals surface area contributed by atoms with E-state index < -0.39 is 0 Å². The summed E-state index contributed by atoms with van der Waals surface area (Å²) >= 11 is 0. The molecule has 0 amide bonds. The second-order valence-corrected chi connectivity index (χ2v) is 15.6. The molecule has 0 aromatic heterocycles. The number of fused-ring (bicyclic) bond motifs is 7. The first-order valence-electron chi connectivity index (χ1n) is 20.1. The van der Waals surface area contributed by atoms with Crippen molar-refractivity contribution >= 4 is 27.8 Å². The van der Waals surface area contributed by atoms with E-state index in [2.05, 4.69) is 207 Å². The number of benzene rings is 9. The van der Waals surface area contributed by atoms with Crippen molar-refractivity contribution in [3.63, 3.8) is 0 Å². The minimum Gasteiger partial charge on any atom is -0.308 e. The van der Waals surface area contributed by atoms with Gasteiger partial charge in [0, 0.05) is 24.0 Å². The molecule has 0 heterocycles. The molecule has 0 fully saturated rings. The topological polar surface area (TPSA) is 3.24 Å². The normalized spacial score (nSPS) is 12.2. The van der Waals surface area contributed by atoms with Gasteiger partial charge in [-0.2, -0.15) is 0 Å². The van der Waals surface area contributed by atoms with E-state index in [-0.39, 0.29) is 0 Å². The molecule has 270 valence electrons. The number of hydrogen-bond donors (Lipinski definition) is 0. The van der Waals surface area contributed by atoms with Gasteiger partial charge in [-0.05, 0) is 115 Å². The molecule has 2 aliphatic carbocycles. The molecule has 57 heavy (non-hydrogen) atoms. The molecule has 0 saturated heterocycles. The first-order valence-corrected chi connectivity index (χ1v) is 20.1. The SMILES string of the molecule is Cc1cc2c(c(N(c3ccccc3-c3cccc4ccccc34)c3c4c(cc(-c5ccccc5)c3-c3ccccc3)-c3ccccc3C4)c1C)Cc1ccccc1-2. The van der Waals surface area contributed by atoms with Gasteiger partial charge in [0.05, 0.1) is 17.1 Å². The van der Waals surface area contributed by atoms with Gasteiger partial charge in [-0.15, -0.1) is 0 Å². The van der Waals surface area contributed by atoms with E-state index in [1.54, 1.807) is 0 Å². The van der Waals surface area contributed by atoms with Gasteiger partial charge in [0.25, 0.3) is 0 Å². The summed E-state index contributed by atoms with van der Waals surface area (Å²) in [5, 5.41) is 2.50. The molecular formula is C56H41N. The van der Waals surface area contributed by atoms with Gasteiger partial charge in [0.2, 0.25) is 0 Å². The van der Waals surface area contributed by atoms with E-state index in [0.717, 1.165) is 12.8 Å². The molecule has 9 aromatic rings. The summed E-state index contributed by atoms with van der Waals surface area (Å²) < 4.78 is 0. The maximum absolute atomic E-state index is 2.71. The molecule has 2 aliphatic rings. The van der Waals surface area contributed by atoms with E-state index in [0.29, 0.717) is 0 Å². The Morgan fingerprint density at radius 1 is 0.386 bits per heavy atom. The lowest BCUT2D eigenvalue weighted by Gasteiger charge is -2.36. The average Bonchev–Trinajstić information content (AvgIpc) is 3.83. The van der Waals surface area contributed by atoms with Gasteiger partial charge in [0.1, 0.15) is 0 Å². The van der Waals surface area contributed by atoms with E-state index in [1.165, 1.54) is 117 Å². The van der Waals surface area contributed by atoms with Crippen LogP contribution in [-0.2, 0) is 12.8 Å². The zero-order valence-corrected chi connectivity index (χ0v) is 32.3. The second kappa shape index (κ2) is 13.4. The number of aryl methyl sites for hydroxylation is 1. The summed E-state index contributed by atoms with van der Waals surface area (Å²) in [6.07, 6.45) is 1.74. The molecule has 0 saturated carbocycles. The highest BCUT2D eigenvalue weighted by atomic mass is 15.2. The Kier molecular flexibility index (Phi) is 7.82. The number of anilines is 3. The molecule has 0 N–H and O–H groups in total. The lowest BCUT2D eigenvalue weighted by molar-refractivity contribution is 1.14. The van der Waals surface area contributed by atoms with Crippen LogP contribution >= 0.6 is 0 Å². The zero-order chi connectivity index (χ0) is 38.0. The van der Waals surface area contributed by atoms with Crippen molar-refractivity contribution in [3.05, 3.63) is 221 Å². The van der Waals surface area contributed by atoms with Crippen molar-refractivity contribution in [1.29, 1.82) is 0 Å². The summed E-state index contributed by atoms with van der Waals surface area (Å²) in [5.41, 5.74) is 24.6. The van der Waals surface area contributed by atoms with Crippen LogP contribution in [0.2, 0.25) is 0 Å². The maximum Gasteiger partial charge on any atom is 0.0588 e. The molecule has 0 bridgehead atoms. The second-order valence-electron chi connectivity index (χ2n) is 15.6. The van der Waals surface area contributed by atoms with Crippen molar-refractivity contribution in [2.45, 2.75) is 26.7 Å². The third kappa shape index (κ3) is 5.30. The maximum atomic E-state index is 2.71. The van der Waals surface area contributed by atoms with Crippen LogP contribution in [0.15, 0.2) is 188 Å². The summed E-state index contributed by atoms with van der Waals surface area (Å²) in [4.78, 5) is 2.71. The van der Waals surface area contributed by atoms with Gasteiger partial charge < -0.3 is 4.90 Å². The Balaban J connectivity index is 1.34. The third-order valence-electron chi connectivity index (χ3n) is 12.5. The van der Waals surface area contributed by atoms with E-state index in [4.69, 9.17) is 0 Å². The molecule has 0 unspecified atom stereocenters. The van der Waals surface area contributed by atoms with Gasteiger partial charge in [-0.1, -0.05) is 176 Å². The Morgan fingerprint density at radius 2 is 0.912 bits per heavy atom. The van der Waals surface area contributed by atoms with Crippen LogP contribution in [0.1, 0.15) is 33.4 Å². The van der Waals surface area contributed by atoms with Crippen molar-refractivity contribution in [3.8, 4) is 55.6 Å². The summed E-state index contributed by atoms with van der Waals surface area (Å²) in [6, 6.07) is 69.8. The molecule has 0 atom stereocenters. The van der Waals surface area contributed by atoms with Crippen molar-refractivity contribution in [1.82, 2.24) is 0 Å². The number of para-hydroxylation sites is 1. The van der Waals surface area contributed by atoms with Gasteiger partial charge >= 0.3 is 0 Å². The fraction of sp³-hybridized carbons (Fsp3) is 0.0714. The Labute approximate surface area is 335 Å². The summed E-state index contributed by atoms with van der Waals surface area (Å²) in [6.45, 7) is 4.65. The molecular weight excluding hydrogens is 687 g/mol. The van der Waals surface area contributed by atoms with Gasteiger partial charge in [0.15, 0.2) is 0 Å². The van der Waals surface area contributed by atoms with Crippen molar-refractivity contribution < 1.29 is 0 Å². The lowest BCUT2D eigenvalue weighted by atomic mass is 9.85. The summed E-state index contributed by atoms with van der Waals surface area (Å²) in [5.74, 6) is 0. The molecule has 0 aliphatic heterocycles. The summed E-state index contributed by atoms with van der Waals surface area (Å²) in [7, 11) is 0. The largest absolute Gasteiger partial charge is 0.308 e. The first kappa shape index (κ1) is 33.4. The van der Waals surface area contributed by atoms with Crippen molar-refractivity contribution in [2.24, 2.45) is 0 Å². The van der Waals surface area contributed by atoms with E-state index in [1.807, 2.05) is 0 Å². The van der Waals surface area contributed by atoms with Crippen LogP contribution in [0.3, 0.4) is 0 Å². The molecule has 1 nitrogen and oxygen atoms in total. The van der Waals surface area contributed by atoms with Gasteiger partial charge in [-0.3, -0.25) is 0 Å². The third-order valence-corrected chi connectivity index (χ3v) is 12.5. The van der Waals surface area contributed by atoms with Crippen LogP contribution in [0.25, 0.3) is 66.4 Å². The number of rotatable bonds is 6. The van der Waals surface area contributed by atoms with Crippen LogP contribution in [-0.4, -0.2) is 0 Å². The van der Waals surface area contributed by atoms with E-state index >= 15 is 0 Å². The van der Waals surface area contributed by atoms with Gasteiger partial charge in [-0.25, -0.2) is 0 Å². The lowest BCUT2D eigenvalue weighted by Crippen LogP contribution is -2.18. The Morgan fingerprint density at radius 3 is 1.63 bits per heavy atom. The monoisotopic (exact) mass is 727 g/mol. The highest BCUT2D eigenvalue weighted by Crippen LogP contribution is 2.57. The average molecular weight is 728 g/mol. The fourth-order valence-corrected chi connectivity index (χ4v) is 9.76. The fourth-order valence-electron chi connectivity index (χ4n) is 9.76. The van der Waals surface area contributed by atoms with Crippen LogP contribution in [0.5, 0.6) is 0 Å². The smallest absolute Gasteiger partial charge is 0.0588 e. The standard InChI is InChI=1S/C56H41N/c1-36-32-49-44-27-13-10-23-41(44)33-51(49)55(37(36)2)57(53-31-16-15-29-47(53)46-30-17-25-38-20-9-12-26-43(38)46)56-52-34-42-24-11-14-28-45(42)50(52)35-48(39-18-5-3-6-19-39)54(56)40-21-7-4-8-22-40/h3-32,35H,33-34H2,1-2H3. The van der Waals surface area contributed by atoms with Crippen molar-refractivity contribution in [2.75, 3.05) is 4.90 Å². The molecule has 11 rings (SSSR count). The highest BCUT2D eigenvalue weighted by molar-refractivity contribution is 6.08. The molecule has 1 heteroatoms. The minimum absolute atomic E-state index is 0.857. The quantitative estimate of drug-likeness (QED) is 0.165. The van der Waals surface area contributed by atoms with Crippen LogP contribution < -0.4 is 4.90 Å². The van der Waals surface area contributed by atoms with E-state index in [9.17, 15) is 0 Å². The van der Waals surface area contributed by atoms with Crippen LogP contribution in [0, 0.1) is 13.8 Å². The first-order chi connectivity index (χ1) is 28.1.